The van der Waals surface area contributed by atoms with Gasteiger partial charge < -0.3 is 33.6 Å². The Hall–Kier alpha value is 0.150. The van der Waals surface area contributed by atoms with Crippen LogP contribution in [0.5, 0.6) is 0 Å². The minimum absolute atomic E-state index is 0.00227. The molecule has 0 spiro atoms. The smallest absolute Gasteiger partial charge is 0.248 e. The lowest BCUT2D eigenvalue weighted by Crippen LogP contribution is -2.29. The molecular formula is C13H27B2O7P. The van der Waals surface area contributed by atoms with Gasteiger partial charge in [-0.3, -0.25) is 0 Å². The second-order valence-electron chi connectivity index (χ2n) is 6.21. The molecule has 0 bridgehead atoms. The van der Waals surface area contributed by atoms with Crippen LogP contribution in [0.15, 0.2) is 0 Å². The molecule has 23 heavy (non-hydrogen) atoms. The van der Waals surface area contributed by atoms with Gasteiger partial charge in [0.1, 0.15) is 12.2 Å². The molecule has 2 saturated heterocycles. The van der Waals surface area contributed by atoms with Gasteiger partial charge in [0.2, 0.25) is 7.57 Å². The van der Waals surface area contributed by atoms with Gasteiger partial charge in [0, 0.05) is 12.0 Å². The van der Waals surface area contributed by atoms with Crippen LogP contribution < -0.4 is 0 Å². The van der Waals surface area contributed by atoms with E-state index in [4.69, 9.17) is 18.5 Å². The lowest BCUT2D eigenvalue weighted by molar-refractivity contribution is -0.0179. The average Bonchev–Trinajstić information content (AvgIpc) is 3.07. The highest BCUT2D eigenvalue weighted by molar-refractivity contribution is 7.58. The van der Waals surface area contributed by atoms with E-state index >= 15 is 0 Å². The number of hydrogen-bond acceptors (Lipinski definition) is 7. The summed E-state index contributed by atoms with van der Waals surface area (Å²) in [5.41, 5.74) is 0. The predicted molar refractivity (Wildman–Crippen MR) is 92.8 cm³/mol. The average molecular weight is 348 g/mol. The minimum atomic E-state index is -3.32. The zero-order valence-electron chi connectivity index (χ0n) is 13.8. The largest absolute Gasteiger partial charge is 0.394 e. The third-order valence-corrected chi connectivity index (χ3v) is 5.56. The molecule has 10 heteroatoms. The van der Waals surface area contributed by atoms with Crippen LogP contribution in [0.1, 0.15) is 12.8 Å². The van der Waals surface area contributed by atoms with E-state index in [1.807, 2.05) is 13.6 Å². The van der Waals surface area contributed by atoms with Gasteiger partial charge >= 0.3 is 0 Å². The van der Waals surface area contributed by atoms with E-state index in [0.717, 1.165) is 14.6 Å². The summed E-state index contributed by atoms with van der Waals surface area (Å²) in [6.45, 7) is 3.84. The summed E-state index contributed by atoms with van der Waals surface area (Å²) in [6, 6.07) is 0.0190. The van der Waals surface area contributed by atoms with Gasteiger partial charge in [0.05, 0.1) is 25.4 Å². The van der Waals surface area contributed by atoms with Crippen LogP contribution in [0.2, 0.25) is 13.6 Å². The van der Waals surface area contributed by atoms with E-state index in [-0.39, 0.29) is 25.2 Å². The maximum atomic E-state index is 10.3. The highest BCUT2D eigenvalue weighted by Gasteiger charge is 2.39. The molecule has 2 fully saturated rings. The van der Waals surface area contributed by atoms with E-state index in [0.29, 0.717) is 12.8 Å². The molecule has 0 aromatic rings. The van der Waals surface area contributed by atoms with Crippen molar-refractivity contribution in [1.29, 1.82) is 0 Å². The summed E-state index contributed by atoms with van der Waals surface area (Å²) in [5, 5.41) is 19.3. The second kappa shape index (κ2) is 8.50. The standard InChI is InChI=1S/C13H27B2O7P/c1-14-12-4-8(17)11(21-12)7-19-23(3,18)22-9-5-13(15-2)20-10(9)6-16/h8-18H,3-7H2,1-2H3/t8-,9-,10-,11-,12-,13-,23?/m1/s1. The third kappa shape index (κ3) is 5.31. The topological polar surface area (TPSA) is 97.6 Å². The van der Waals surface area contributed by atoms with Gasteiger partial charge in [-0.15, -0.1) is 0 Å². The van der Waals surface area contributed by atoms with E-state index in [1.54, 1.807) is 0 Å². The summed E-state index contributed by atoms with van der Waals surface area (Å²) in [7, 11) is -1.68. The van der Waals surface area contributed by atoms with E-state index < -0.39 is 32.0 Å². The number of rotatable bonds is 8. The lowest BCUT2D eigenvalue weighted by Gasteiger charge is -2.26. The Labute approximate surface area is 139 Å². The van der Waals surface area contributed by atoms with Crippen LogP contribution in [-0.4, -0.2) is 85.6 Å². The van der Waals surface area contributed by atoms with Crippen LogP contribution in [0.4, 0.5) is 0 Å². The molecule has 0 aliphatic carbocycles. The maximum absolute atomic E-state index is 10.3. The summed E-state index contributed by atoms with van der Waals surface area (Å²) in [4.78, 5) is 10.3. The first-order valence-electron chi connectivity index (χ1n) is 8.27. The normalized spacial score (nSPS) is 40.0. The number of aliphatic hydroxyl groups is 2. The zero-order valence-corrected chi connectivity index (χ0v) is 14.7. The number of aliphatic hydroxyl groups excluding tert-OH is 2. The van der Waals surface area contributed by atoms with Crippen LogP contribution in [-0.2, 0) is 18.5 Å². The monoisotopic (exact) mass is 348 g/mol. The van der Waals surface area contributed by atoms with Crippen molar-refractivity contribution in [3.05, 3.63) is 0 Å². The molecule has 2 aliphatic rings. The Balaban J connectivity index is 1.83. The quantitative estimate of drug-likeness (QED) is 0.388. The Bertz CT molecular complexity index is 427. The summed E-state index contributed by atoms with van der Waals surface area (Å²) in [5.74, 6) is 0. The van der Waals surface area contributed by atoms with Crippen LogP contribution >= 0.6 is 7.57 Å². The fourth-order valence-electron chi connectivity index (χ4n) is 3.00. The van der Waals surface area contributed by atoms with Gasteiger partial charge in [-0.2, -0.15) is 0 Å². The number of hydrogen-bond donors (Lipinski definition) is 3. The molecule has 0 aromatic heterocycles. The molecular weight excluding hydrogens is 321 g/mol. The Morgan fingerprint density at radius 3 is 2.35 bits per heavy atom. The van der Waals surface area contributed by atoms with E-state index in [9.17, 15) is 15.1 Å². The van der Waals surface area contributed by atoms with Crippen molar-refractivity contribution in [2.75, 3.05) is 13.2 Å². The molecule has 0 amide bonds. The Morgan fingerprint density at radius 2 is 1.78 bits per heavy atom. The summed E-state index contributed by atoms with van der Waals surface area (Å²) in [6.07, 6.45) is 2.77. The van der Waals surface area contributed by atoms with Gasteiger partial charge in [0.25, 0.3) is 0 Å². The van der Waals surface area contributed by atoms with Crippen LogP contribution in [0.3, 0.4) is 0 Å². The highest BCUT2D eigenvalue weighted by atomic mass is 31.2. The first-order chi connectivity index (χ1) is 10.9. The fourth-order valence-corrected chi connectivity index (χ4v) is 4.08. The van der Waals surface area contributed by atoms with E-state index in [1.165, 1.54) is 0 Å². The molecule has 2 heterocycles. The van der Waals surface area contributed by atoms with Crippen molar-refractivity contribution in [2.45, 2.75) is 62.9 Å². The molecule has 7 nitrogen and oxygen atoms in total. The molecule has 7 atom stereocenters. The van der Waals surface area contributed by atoms with Crippen molar-refractivity contribution in [2.24, 2.45) is 0 Å². The summed E-state index contributed by atoms with van der Waals surface area (Å²) < 4.78 is 22.3. The maximum Gasteiger partial charge on any atom is 0.248 e. The van der Waals surface area contributed by atoms with Gasteiger partial charge in [-0.25, -0.2) is 0 Å². The predicted octanol–water partition coefficient (Wildman–Crippen LogP) is -0.873. The molecule has 0 saturated carbocycles. The molecule has 3 N–H and O–H groups in total. The first-order valence-corrected chi connectivity index (χ1v) is 10.0. The first kappa shape index (κ1) is 19.5. The van der Waals surface area contributed by atoms with Gasteiger partial charge in [-0.05, 0) is 19.1 Å². The van der Waals surface area contributed by atoms with Gasteiger partial charge in [-0.1, -0.05) is 13.6 Å². The zero-order chi connectivity index (χ0) is 17.0. The molecule has 132 valence electrons. The fraction of sp³-hybridized carbons (Fsp3) is 0.923. The van der Waals surface area contributed by atoms with Gasteiger partial charge in [0.15, 0.2) is 14.6 Å². The number of ether oxygens (including phenoxy) is 2. The minimum Gasteiger partial charge on any atom is -0.394 e. The second-order valence-corrected chi connectivity index (χ2v) is 7.95. The summed E-state index contributed by atoms with van der Waals surface area (Å²) >= 11 is 0. The lowest BCUT2D eigenvalue weighted by atomic mass is 9.73. The highest BCUT2D eigenvalue weighted by Crippen LogP contribution is 2.47. The van der Waals surface area contributed by atoms with Crippen molar-refractivity contribution < 1.29 is 33.6 Å². The van der Waals surface area contributed by atoms with Crippen LogP contribution in [0.25, 0.3) is 0 Å². The molecule has 0 aromatic carbocycles. The Morgan fingerprint density at radius 1 is 1.17 bits per heavy atom. The molecule has 0 radical (unpaired) electrons. The third-order valence-electron chi connectivity index (χ3n) is 4.41. The molecule has 2 aliphatic heterocycles. The van der Waals surface area contributed by atoms with E-state index in [2.05, 4.69) is 6.30 Å². The van der Waals surface area contributed by atoms with Crippen LogP contribution in [0, 0.1) is 0 Å². The molecule has 1 unspecified atom stereocenters. The van der Waals surface area contributed by atoms with Crippen molar-refractivity contribution in [3.8, 4) is 0 Å². The SMILES string of the molecule is C=P(O)(OC[C@H]1O[C@@H](BC)C[C@H]1O)O[C@@H]1C[C@H](BC)O[C@@H]1CO. The van der Waals surface area contributed by atoms with Crippen molar-refractivity contribution >= 4 is 28.4 Å². The molecule has 2 rings (SSSR count). The van der Waals surface area contributed by atoms with Crippen molar-refractivity contribution in [3.63, 3.8) is 0 Å². The Kier molecular flexibility index (Phi) is 7.19. The van der Waals surface area contributed by atoms with Crippen molar-refractivity contribution in [1.82, 2.24) is 0 Å².